The van der Waals surface area contributed by atoms with Crippen molar-refractivity contribution in [3.05, 3.63) is 94.0 Å². The molecular formula is C27H22N2O6S. The minimum Gasteiger partial charge on any atom is -0.464 e. The molecule has 0 radical (unpaired) electrons. The van der Waals surface area contributed by atoms with Gasteiger partial charge in [-0.25, -0.2) is 18.4 Å². The summed E-state index contributed by atoms with van der Waals surface area (Å²) in [5.41, 5.74) is 4.67. The van der Waals surface area contributed by atoms with Crippen LogP contribution in [0.4, 0.5) is 5.69 Å². The molecule has 5 aromatic rings. The summed E-state index contributed by atoms with van der Waals surface area (Å²) in [6.07, 6.45) is 1.46. The molecule has 182 valence electrons. The highest BCUT2D eigenvalue weighted by Gasteiger charge is 2.18. The highest BCUT2D eigenvalue weighted by Crippen LogP contribution is 2.34. The van der Waals surface area contributed by atoms with Crippen molar-refractivity contribution >= 4 is 43.6 Å². The number of nitrogens with one attached hydrogen (secondary N) is 1. The summed E-state index contributed by atoms with van der Waals surface area (Å²) in [4.78, 5) is 25.4. The van der Waals surface area contributed by atoms with Crippen molar-refractivity contribution in [2.45, 2.75) is 25.2 Å². The molecule has 0 unspecified atom stereocenters. The van der Waals surface area contributed by atoms with Crippen molar-refractivity contribution in [3.63, 3.8) is 0 Å². The first-order valence-electron chi connectivity index (χ1n) is 11.1. The van der Waals surface area contributed by atoms with Gasteiger partial charge in [0.05, 0.1) is 23.1 Å². The molecule has 5 rings (SSSR count). The number of carbonyl (C=O) groups is 1. The summed E-state index contributed by atoms with van der Waals surface area (Å²) in [5, 5.41) is 9.34. The van der Waals surface area contributed by atoms with Crippen LogP contribution in [0.2, 0.25) is 0 Å². The largest absolute Gasteiger partial charge is 0.464 e. The van der Waals surface area contributed by atoms with Crippen molar-refractivity contribution in [2.75, 3.05) is 5.32 Å². The molecule has 1 amide bonds. The molecule has 0 aliphatic rings. The van der Waals surface area contributed by atoms with E-state index in [1.165, 1.54) is 24.3 Å². The average molecular weight is 503 g/mol. The number of rotatable bonds is 5. The lowest BCUT2D eigenvalue weighted by Gasteiger charge is -2.09. The van der Waals surface area contributed by atoms with Gasteiger partial charge in [-0.3, -0.25) is 4.79 Å². The van der Waals surface area contributed by atoms with Crippen LogP contribution in [0.5, 0.6) is 0 Å². The first-order chi connectivity index (χ1) is 17.1. The van der Waals surface area contributed by atoms with Gasteiger partial charge in [-0.1, -0.05) is 29.8 Å². The number of sulfonamides is 1. The Bertz CT molecular complexity index is 1800. The molecule has 0 atom stereocenters. The Kier molecular flexibility index (Phi) is 5.74. The third-order valence-corrected chi connectivity index (χ3v) is 7.08. The Labute approximate surface area is 206 Å². The van der Waals surface area contributed by atoms with Gasteiger partial charge in [0.25, 0.3) is 0 Å². The molecule has 0 bridgehead atoms. The van der Waals surface area contributed by atoms with E-state index in [1.54, 1.807) is 19.3 Å². The lowest BCUT2D eigenvalue weighted by molar-refractivity contribution is -0.115. The number of amides is 1. The minimum atomic E-state index is -3.84. The fourth-order valence-corrected chi connectivity index (χ4v) is 4.68. The van der Waals surface area contributed by atoms with Gasteiger partial charge in [-0.15, -0.1) is 0 Å². The van der Waals surface area contributed by atoms with Crippen LogP contribution in [0.15, 0.2) is 85.5 Å². The Balaban J connectivity index is 1.48. The molecule has 0 saturated heterocycles. The van der Waals surface area contributed by atoms with Crippen molar-refractivity contribution in [2.24, 2.45) is 5.14 Å². The number of hydrogen-bond donors (Lipinski definition) is 2. The summed E-state index contributed by atoms with van der Waals surface area (Å²) >= 11 is 0. The second-order valence-electron chi connectivity index (χ2n) is 8.65. The first kappa shape index (κ1) is 23.5. The standard InChI is InChI=1S/C27H22N2O6S/c1-15-3-5-17(6-4-15)23-14-34-24-13-25-20(11-22(23)24)16(2)21(27(31)35-25)12-26(30)29-18-7-9-19(10-8-18)36(28,32)33/h3-11,13-14H,12H2,1-2H3,(H,29,30)(H2,28,32,33). The number of primary sulfonamides is 1. The second kappa shape index (κ2) is 8.78. The van der Waals surface area contributed by atoms with Crippen molar-refractivity contribution in [3.8, 4) is 11.1 Å². The maximum Gasteiger partial charge on any atom is 0.340 e. The summed E-state index contributed by atoms with van der Waals surface area (Å²) in [7, 11) is -3.84. The van der Waals surface area contributed by atoms with E-state index in [0.717, 1.165) is 22.1 Å². The number of benzene rings is 3. The number of hydrogen-bond acceptors (Lipinski definition) is 6. The summed E-state index contributed by atoms with van der Waals surface area (Å²) in [6, 6.07) is 17.1. The third kappa shape index (κ3) is 4.41. The second-order valence-corrected chi connectivity index (χ2v) is 10.2. The van der Waals surface area contributed by atoms with Crippen LogP contribution in [0.25, 0.3) is 33.1 Å². The fourth-order valence-electron chi connectivity index (χ4n) is 4.16. The zero-order valence-corrected chi connectivity index (χ0v) is 20.3. The topological polar surface area (TPSA) is 133 Å². The highest BCUT2D eigenvalue weighted by molar-refractivity contribution is 7.89. The predicted molar refractivity (Wildman–Crippen MR) is 137 cm³/mol. The average Bonchev–Trinajstić information content (AvgIpc) is 3.24. The molecule has 0 fully saturated rings. The number of anilines is 1. The molecule has 9 heteroatoms. The molecule has 2 aromatic heterocycles. The summed E-state index contributed by atoms with van der Waals surface area (Å²) in [5.74, 6) is -0.446. The fraction of sp³-hybridized carbons (Fsp3) is 0.111. The number of aryl methyl sites for hydroxylation is 2. The van der Waals surface area contributed by atoms with Crippen molar-refractivity contribution in [1.82, 2.24) is 0 Å². The highest BCUT2D eigenvalue weighted by atomic mass is 32.2. The van der Waals surface area contributed by atoms with E-state index < -0.39 is 21.6 Å². The third-order valence-electron chi connectivity index (χ3n) is 6.15. The SMILES string of the molecule is Cc1ccc(-c2coc3cc4oc(=O)c(CC(=O)Nc5ccc(S(N)(=O)=O)cc5)c(C)c4cc23)cc1. The smallest absolute Gasteiger partial charge is 0.340 e. The molecule has 0 aliphatic carbocycles. The minimum absolute atomic E-state index is 0.0675. The zero-order chi connectivity index (χ0) is 25.6. The molecule has 2 heterocycles. The number of carbonyl (C=O) groups excluding carboxylic acids is 1. The van der Waals surface area contributed by atoms with Crippen molar-refractivity contribution < 1.29 is 22.0 Å². The Morgan fingerprint density at radius 2 is 1.64 bits per heavy atom. The van der Waals surface area contributed by atoms with Crippen LogP contribution in [-0.4, -0.2) is 14.3 Å². The number of nitrogens with two attached hydrogens (primary N) is 1. The van der Waals surface area contributed by atoms with Gasteiger partial charge in [-0.2, -0.15) is 0 Å². The van der Waals surface area contributed by atoms with Crippen LogP contribution in [0.3, 0.4) is 0 Å². The molecule has 0 saturated carbocycles. The molecule has 8 nitrogen and oxygen atoms in total. The van der Waals surface area contributed by atoms with Crippen LogP contribution in [0, 0.1) is 13.8 Å². The maximum absolute atomic E-state index is 12.7. The van der Waals surface area contributed by atoms with Gasteiger partial charge in [0, 0.05) is 28.1 Å². The molecule has 3 N–H and O–H groups in total. The molecule has 36 heavy (non-hydrogen) atoms. The quantitative estimate of drug-likeness (QED) is 0.336. The normalized spacial score (nSPS) is 11.8. The monoisotopic (exact) mass is 502 g/mol. The van der Waals surface area contributed by atoms with Gasteiger partial charge in [0.2, 0.25) is 15.9 Å². The summed E-state index contributed by atoms with van der Waals surface area (Å²) < 4.78 is 34.1. The van der Waals surface area contributed by atoms with Crippen LogP contribution < -0.4 is 16.1 Å². The Hall–Kier alpha value is -4.21. The van der Waals surface area contributed by atoms with E-state index in [1.807, 2.05) is 37.3 Å². The Morgan fingerprint density at radius 3 is 2.31 bits per heavy atom. The Morgan fingerprint density at radius 1 is 0.944 bits per heavy atom. The summed E-state index contributed by atoms with van der Waals surface area (Å²) in [6.45, 7) is 3.80. The molecular weight excluding hydrogens is 480 g/mol. The number of furan rings is 1. The van der Waals surface area contributed by atoms with E-state index in [2.05, 4.69) is 5.32 Å². The molecule has 3 aromatic carbocycles. The van der Waals surface area contributed by atoms with Gasteiger partial charge >= 0.3 is 5.63 Å². The molecule has 0 spiro atoms. The van der Waals surface area contributed by atoms with Crippen LogP contribution in [0.1, 0.15) is 16.7 Å². The van der Waals surface area contributed by atoms with E-state index >= 15 is 0 Å². The lowest BCUT2D eigenvalue weighted by atomic mass is 9.99. The van der Waals surface area contributed by atoms with Gasteiger partial charge in [0.15, 0.2) is 0 Å². The van der Waals surface area contributed by atoms with Gasteiger partial charge in [-0.05, 0) is 55.3 Å². The van der Waals surface area contributed by atoms with E-state index in [4.69, 9.17) is 14.0 Å². The van der Waals surface area contributed by atoms with Crippen LogP contribution >= 0.6 is 0 Å². The first-order valence-corrected chi connectivity index (χ1v) is 12.6. The lowest BCUT2D eigenvalue weighted by Crippen LogP contribution is -2.20. The van der Waals surface area contributed by atoms with Gasteiger partial charge < -0.3 is 14.2 Å². The van der Waals surface area contributed by atoms with E-state index in [9.17, 15) is 18.0 Å². The van der Waals surface area contributed by atoms with Crippen molar-refractivity contribution in [1.29, 1.82) is 0 Å². The van der Waals surface area contributed by atoms with E-state index in [0.29, 0.717) is 27.8 Å². The van der Waals surface area contributed by atoms with Gasteiger partial charge in [0.1, 0.15) is 11.2 Å². The van der Waals surface area contributed by atoms with E-state index in [-0.39, 0.29) is 16.9 Å². The predicted octanol–water partition coefficient (Wildman–Crippen LogP) is 4.65. The zero-order valence-electron chi connectivity index (χ0n) is 19.5. The molecule has 0 aliphatic heterocycles. The maximum atomic E-state index is 12.7. The number of fused-ring (bicyclic) bond motifs is 2. The van der Waals surface area contributed by atoms with Crippen LogP contribution in [-0.2, 0) is 21.2 Å².